The van der Waals surface area contributed by atoms with Gasteiger partial charge < -0.3 is 4.57 Å². The van der Waals surface area contributed by atoms with Crippen molar-refractivity contribution in [2.75, 3.05) is 0 Å². The molecule has 3 heteroatoms. The van der Waals surface area contributed by atoms with E-state index in [-0.39, 0.29) is 0 Å². The minimum atomic E-state index is 0.781. The Balaban J connectivity index is 2.09. The van der Waals surface area contributed by atoms with Gasteiger partial charge in [0.15, 0.2) is 0 Å². The van der Waals surface area contributed by atoms with E-state index in [1.807, 2.05) is 24.4 Å². The number of halogens is 1. The summed E-state index contributed by atoms with van der Waals surface area (Å²) in [6.45, 7) is 1.08. The number of hydrogen-bond acceptors (Lipinski definition) is 1. The van der Waals surface area contributed by atoms with Gasteiger partial charge in [-0.05, 0) is 25.0 Å². The van der Waals surface area contributed by atoms with Gasteiger partial charge in [-0.25, -0.2) is 4.98 Å². The van der Waals surface area contributed by atoms with E-state index in [0.29, 0.717) is 0 Å². The monoisotopic (exact) mass is 232 g/mol. The maximum Gasteiger partial charge on any atom is 0.109 e. The smallest absolute Gasteiger partial charge is 0.109 e. The van der Waals surface area contributed by atoms with E-state index in [0.717, 1.165) is 23.6 Å². The fourth-order valence-corrected chi connectivity index (χ4v) is 2.48. The molecule has 2 heterocycles. The second-order valence-corrected chi connectivity index (χ2v) is 4.62. The lowest BCUT2D eigenvalue weighted by atomic mass is 10.1. The van der Waals surface area contributed by atoms with Crippen molar-refractivity contribution >= 4 is 11.6 Å². The van der Waals surface area contributed by atoms with Crippen LogP contribution in [-0.4, -0.2) is 9.55 Å². The molecule has 0 atom stereocenters. The fourth-order valence-electron chi connectivity index (χ4n) is 2.29. The first kappa shape index (κ1) is 9.91. The Bertz CT molecular complexity index is 516. The van der Waals surface area contributed by atoms with Gasteiger partial charge in [0.25, 0.3) is 0 Å². The second kappa shape index (κ2) is 3.95. The van der Waals surface area contributed by atoms with Crippen LogP contribution in [-0.2, 0) is 13.0 Å². The highest BCUT2D eigenvalue weighted by Gasteiger charge is 2.14. The molecule has 0 radical (unpaired) electrons. The van der Waals surface area contributed by atoms with Gasteiger partial charge >= 0.3 is 0 Å². The molecule has 0 spiro atoms. The fraction of sp³-hybridized carbons (Fsp3) is 0.308. The van der Waals surface area contributed by atoms with E-state index in [2.05, 4.69) is 15.6 Å². The zero-order chi connectivity index (χ0) is 11.0. The number of fused-ring (bicyclic) bond motifs is 1. The summed E-state index contributed by atoms with van der Waals surface area (Å²) in [5, 5.41) is 0.781. The summed E-state index contributed by atoms with van der Waals surface area (Å²) in [4.78, 5) is 4.48. The minimum Gasteiger partial charge on any atom is -0.328 e. The van der Waals surface area contributed by atoms with Gasteiger partial charge in [0.1, 0.15) is 5.82 Å². The van der Waals surface area contributed by atoms with E-state index in [1.165, 1.54) is 24.4 Å². The van der Waals surface area contributed by atoms with Crippen molar-refractivity contribution in [3.05, 3.63) is 41.3 Å². The van der Waals surface area contributed by atoms with Crippen LogP contribution in [0.2, 0.25) is 5.02 Å². The molecular formula is C13H13ClN2. The van der Waals surface area contributed by atoms with Crippen LogP contribution >= 0.6 is 11.6 Å². The molecule has 82 valence electrons. The van der Waals surface area contributed by atoms with Crippen molar-refractivity contribution in [1.82, 2.24) is 9.55 Å². The van der Waals surface area contributed by atoms with Crippen molar-refractivity contribution in [3.63, 3.8) is 0 Å². The number of imidazole rings is 1. The van der Waals surface area contributed by atoms with Crippen LogP contribution < -0.4 is 0 Å². The van der Waals surface area contributed by atoms with Crippen LogP contribution in [0.4, 0.5) is 0 Å². The average Bonchev–Trinajstić information content (AvgIpc) is 2.72. The van der Waals surface area contributed by atoms with Crippen molar-refractivity contribution in [1.29, 1.82) is 0 Å². The molecule has 1 aliphatic rings. The Morgan fingerprint density at radius 1 is 1.25 bits per heavy atom. The number of benzene rings is 1. The number of nitrogens with zero attached hydrogens (tertiary/aromatic N) is 2. The third kappa shape index (κ3) is 1.63. The Labute approximate surface area is 99.9 Å². The van der Waals surface area contributed by atoms with Crippen molar-refractivity contribution < 1.29 is 0 Å². The van der Waals surface area contributed by atoms with E-state index in [1.54, 1.807) is 0 Å². The topological polar surface area (TPSA) is 17.8 Å². The maximum absolute atomic E-state index is 6.02. The van der Waals surface area contributed by atoms with Crippen LogP contribution in [0.3, 0.4) is 0 Å². The third-order valence-electron chi connectivity index (χ3n) is 3.09. The predicted octanol–water partition coefficient (Wildman–Crippen LogP) is 3.54. The third-order valence-corrected chi connectivity index (χ3v) is 3.33. The van der Waals surface area contributed by atoms with Crippen LogP contribution in [0, 0.1) is 0 Å². The highest BCUT2D eigenvalue weighted by Crippen LogP contribution is 2.26. The SMILES string of the molecule is Clc1cccc(-c2cnc3n2CCCC3)c1. The van der Waals surface area contributed by atoms with E-state index >= 15 is 0 Å². The molecule has 0 fully saturated rings. The van der Waals surface area contributed by atoms with Gasteiger partial charge in [0, 0.05) is 23.6 Å². The summed E-state index contributed by atoms with van der Waals surface area (Å²) >= 11 is 6.02. The van der Waals surface area contributed by atoms with Gasteiger partial charge in [-0.15, -0.1) is 0 Å². The molecule has 0 amide bonds. The maximum atomic E-state index is 6.02. The van der Waals surface area contributed by atoms with E-state index in [4.69, 9.17) is 11.6 Å². The molecule has 2 nitrogen and oxygen atoms in total. The molecule has 0 bridgehead atoms. The standard InChI is InChI=1S/C13H13ClN2/c14-11-5-3-4-10(8-11)12-9-15-13-6-1-2-7-16(12)13/h3-5,8-9H,1-2,6-7H2. The Hall–Kier alpha value is -1.28. The highest BCUT2D eigenvalue weighted by molar-refractivity contribution is 6.30. The molecule has 0 aliphatic carbocycles. The van der Waals surface area contributed by atoms with E-state index < -0.39 is 0 Å². The van der Waals surface area contributed by atoms with Gasteiger partial charge in [0.2, 0.25) is 0 Å². The average molecular weight is 233 g/mol. The summed E-state index contributed by atoms with van der Waals surface area (Å²) in [7, 11) is 0. The zero-order valence-electron chi connectivity index (χ0n) is 8.99. The summed E-state index contributed by atoms with van der Waals surface area (Å²) in [6, 6.07) is 7.98. The highest BCUT2D eigenvalue weighted by atomic mass is 35.5. The van der Waals surface area contributed by atoms with Crippen molar-refractivity contribution in [3.8, 4) is 11.3 Å². The summed E-state index contributed by atoms with van der Waals surface area (Å²) < 4.78 is 2.31. The first-order valence-electron chi connectivity index (χ1n) is 5.65. The molecule has 0 saturated heterocycles. The van der Waals surface area contributed by atoms with Crippen molar-refractivity contribution in [2.45, 2.75) is 25.8 Å². The predicted molar refractivity (Wildman–Crippen MR) is 65.6 cm³/mol. The lowest BCUT2D eigenvalue weighted by Gasteiger charge is -2.16. The number of aryl methyl sites for hydroxylation is 1. The lowest BCUT2D eigenvalue weighted by Crippen LogP contribution is -2.11. The van der Waals surface area contributed by atoms with Gasteiger partial charge in [0.05, 0.1) is 11.9 Å². The first-order valence-corrected chi connectivity index (χ1v) is 6.03. The minimum absolute atomic E-state index is 0.781. The summed E-state index contributed by atoms with van der Waals surface area (Å²) in [6.07, 6.45) is 5.57. The molecule has 1 aromatic heterocycles. The van der Waals surface area contributed by atoms with Gasteiger partial charge in [-0.1, -0.05) is 23.7 Å². The molecule has 0 saturated carbocycles. The summed E-state index contributed by atoms with van der Waals surface area (Å²) in [5.41, 5.74) is 2.35. The van der Waals surface area contributed by atoms with Gasteiger partial charge in [-0.2, -0.15) is 0 Å². The van der Waals surface area contributed by atoms with Crippen LogP contribution in [0.25, 0.3) is 11.3 Å². The van der Waals surface area contributed by atoms with Gasteiger partial charge in [-0.3, -0.25) is 0 Å². The first-order chi connectivity index (χ1) is 7.84. The molecular weight excluding hydrogens is 220 g/mol. The number of rotatable bonds is 1. The van der Waals surface area contributed by atoms with Crippen LogP contribution in [0.1, 0.15) is 18.7 Å². The molecule has 1 aliphatic heterocycles. The van der Waals surface area contributed by atoms with E-state index in [9.17, 15) is 0 Å². The Morgan fingerprint density at radius 3 is 3.06 bits per heavy atom. The molecule has 2 aromatic rings. The normalized spacial score (nSPS) is 14.8. The lowest BCUT2D eigenvalue weighted by molar-refractivity contribution is 0.526. The van der Waals surface area contributed by atoms with Crippen molar-refractivity contribution in [2.24, 2.45) is 0 Å². The van der Waals surface area contributed by atoms with Crippen LogP contribution in [0.5, 0.6) is 0 Å². The molecule has 0 unspecified atom stereocenters. The number of hydrogen-bond donors (Lipinski definition) is 0. The summed E-state index contributed by atoms with van der Waals surface area (Å²) in [5.74, 6) is 1.21. The molecule has 1 aromatic carbocycles. The Kier molecular flexibility index (Phi) is 2.44. The van der Waals surface area contributed by atoms with Crippen LogP contribution in [0.15, 0.2) is 30.5 Å². The number of aromatic nitrogens is 2. The zero-order valence-corrected chi connectivity index (χ0v) is 9.74. The largest absolute Gasteiger partial charge is 0.328 e. The molecule has 0 N–H and O–H groups in total. The molecule has 16 heavy (non-hydrogen) atoms. The Morgan fingerprint density at radius 2 is 2.19 bits per heavy atom. The second-order valence-electron chi connectivity index (χ2n) is 4.18. The molecule has 3 rings (SSSR count). The quantitative estimate of drug-likeness (QED) is 0.736.